The summed E-state index contributed by atoms with van der Waals surface area (Å²) >= 11 is 3.39. The number of anilines is 1. The van der Waals surface area contributed by atoms with Crippen LogP contribution in [-0.4, -0.2) is 37.9 Å². The summed E-state index contributed by atoms with van der Waals surface area (Å²) in [6.45, 7) is 3.02. The molecule has 0 saturated carbocycles. The molecule has 6 heteroatoms. The van der Waals surface area contributed by atoms with Crippen LogP contribution < -0.4 is 9.64 Å². The average molecular weight is 298 g/mol. The highest BCUT2D eigenvalue weighted by Gasteiger charge is 2.17. The fourth-order valence-electron chi connectivity index (χ4n) is 1.66. The third-order valence-electron chi connectivity index (χ3n) is 2.42. The van der Waals surface area contributed by atoms with Crippen LogP contribution in [0.5, 0.6) is 5.88 Å². The first-order valence-corrected chi connectivity index (χ1v) is 6.08. The van der Waals surface area contributed by atoms with E-state index in [9.17, 15) is 0 Å². The van der Waals surface area contributed by atoms with Crippen LogP contribution in [-0.2, 0) is 4.74 Å². The summed E-state index contributed by atoms with van der Waals surface area (Å²) in [5, 5.41) is 8.54. The summed E-state index contributed by atoms with van der Waals surface area (Å²) in [5.74, 6) is 0.497. The molecule has 0 N–H and O–H groups in total. The minimum absolute atomic E-state index is 0.00592. The molecular formula is C11H12BrN3O2. The van der Waals surface area contributed by atoms with E-state index in [1.807, 2.05) is 12.1 Å². The third kappa shape index (κ3) is 3.08. The van der Waals surface area contributed by atoms with E-state index in [1.54, 1.807) is 6.20 Å². The van der Waals surface area contributed by atoms with E-state index in [-0.39, 0.29) is 6.61 Å². The van der Waals surface area contributed by atoms with Gasteiger partial charge in [-0.05, 0) is 22.0 Å². The molecule has 1 aromatic heterocycles. The number of hydrogen-bond donors (Lipinski definition) is 0. The Morgan fingerprint density at radius 1 is 1.53 bits per heavy atom. The largest absolute Gasteiger partial charge is 0.461 e. The molecule has 0 unspecified atom stereocenters. The number of ether oxygens (including phenoxy) is 2. The van der Waals surface area contributed by atoms with Crippen molar-refractivity contribution < 1.29 is 9.47 Å². The van der Waals surface area contributed by atoms with Crippen molar-refractivity contribution in [2.24, 2.45) is 0 Å². The first-order chi connectivity index (χ1) is 8.31. The Labute approximate surface area is 108 Å². The van der Waals surface area contributed by atoms with E-state index in [1.165, 1.54) is 0 Å². The fourth-order valence-corrected chi connectivity index (χ4v) is 1.98. The second kappa shape index (κ2) is 5.84. The minimum atomic E-state index is 0.00592. The molecule has 0 spiro atoms. The number of hydrogen-bond acceptors (Lipinski definition) is 5. The number of aromatic nitrogens is 1. The van der Waals surface area contributed by atoms with E-state index >= 15 is 0 Å². The molecule has 1 aromatic rings. The molecule has 0 atom stereocenters. The van der Waals surface area contributed by atoms with Crippen molar-refractivity contribution in [3.8, 4) is 11.9 Å². The molecule has 1 aliphatic rings. The molecule has 0 aromatic carbocycles. The van der Waals surface area contributed by atoms with Gasteiger partial charge in [0.1, 0.15) is 11.8 Å². The molecule has 2 rings (SSSR count). The Morgan fingerprint density at radius 3 is 3.00 bits per heavy atom. The molecule has 1 aliphatic heterocycles. The summed E-state index contributed by atoms with van der Waals surface area (Å²) < 4.78 is 11.5. The van der Waals surface area contributed by atoms with Gasteiger partial charge in [-0.2, -0.15) is 5.26 Å². The molecule has 0 radical (unpaired) electrons. The predicted molar refractivity (Wildman–Crippen MR) is 66.1 cm³/mol. The van der Waals surface area contributed by atoms with Crippen molar-refractivity contribution in [2.45, 2.75) is 0 Å². The second-order valence-corrected chi connectivity index (χ2v) is 4.44. The topological polar surface area (TPSA) is 58.4 Å². The standard InChI is InChI=1S/C11H12BrN3O2/c12-9-7-10(15-2-5-16-6-3-15)11(14-8-9)17-4-1-13/h7-8H,2-6H2. The summed E-state index contributed by atoms with van der Waals surface area (Å²) in [5.41, 5.74) is 0.901. The zero-order chi connectivity index (χ0) is 12.1. The second-order valence-electron chi connectivity index (χ2n) is 3.52. The highest BCUT2D eigenvalue weighted by molar-refractivity contribution is 9.10. The maximum Gasteiger partial charge on any atom is 0.238 e. The van der Waals surface area contributed by atoms with Gasteiger partial charge in [0.15, 0.2) is 6.61 Å². The SMILES string of the molecule is N#CCOc1ncc(Br)cc1N1CCOCC1. The van der Waals surface area contributed by atoms with Crippen molar-refractivity contribution in [1.82, 2.24) is 4.98 Å². The molecule has 90 valence electrons. The quantitative estimate of drug-likeness (QED) is 0.848. The van der Waals surface area contributed by atoms with Crippen molar-refractivity contribution in [3.05, 3.63) is 16.7 Å². The van der Waals surface area contributed by atoms with Crippen LogP contribution in [0.4, 0.5) is 5.69 Å². The smallest absolute Gasteiger partial charge is 0.238 e. The maximum absolute atomic E-state index is 8.54. The lowest BCUT2D eigenvalue weighted by Crippen LogP contribution is -2.36. The van der Waals surface area contributed by atoms with Crippen molar-refractivity contribution >= 4 is 21.6 Å². The van der Waals surface area contributed by atoms with Crippen LogP contribution in [0, 0.1) is 11.3 Å². The number of rotatable bonds is 3. The Morgan fingerprint density at radius 2 is 2.29 bits per heavy atom. The van der Waals surface area contributed by atoms with Gasteiger partial charge in [0.05, 0.1) is 13.2 Å². The number of nitriles is 1. The zero-order valence-electron chi connectivity index (χ0n) is 9.23. The number of pyridine rings is 1. The van der Waals surface area contributed by atoms with Gasteiger partial charge in [0.25, 0.3) is 0 Å². The fraction of sp³-hybridized carbons (Fsp3) is 0.455. The van der Waals surface area contributed by atoms with Crippen LogP contribution >= 0.6 is 15.9 Å². The van der Waals surface area contributed by atoms with E-state index in [2.05, 4.69) is 25.8 Å². The lowest BCUT2D eigenvalue weighted by Gasteiger charge is -2.29. The van der Waals surface area contributed by atoms with Crippen molar-refractivity contribution in [3.63, 3.8) is 0 Å². The van der Waals surface area contributed by atoms with Gasteiger partial charge in [0.2, 0.25) is 5.88 Å². The first kappa shape index (κ1) is 12.1. The van der Waals surface area contributed by atoms with Gasteiger partial charge in [-0.3, -0.25) is 0 Å². The Hall–Kier alpha value is -1.32. The Kier molecular flexibility index (Phi) is 4.18. The van der Waals surface area contributed by atoms with Crippen LogP contribution in [0.3, 0.4) is 0 Å². The van der Waals surface area contributed by atoms with E-state index in [4.69, 9.17) is 14.7 Å². The van der Waals surface area contributed by atoms with Gasteiger partial charge in [-0.15, -0.1) is 0 Å². The normalized spacial score (nSPS) is 15.4. The summed E-state index contributed by atoms with van der Waals surface area (Å²) in [4.78, 5) is 6.34. The van der Waals surface area contributed by atoms with E-state index in [0.717, 1.165) is 23.2 Å². The summed E-state index contributed by atoms with van der Waals surface area (Å²) in [6, 6.07) is 3.89. The summed E-state index contributed by atoms with van der Waals surface area (Å²) in [6.07, 6.45) is 1.66. The first-order valence-electron chi connectivity index (χ1n) is 5.29. The van der Waals surface area contributed by atoms with Gasteiger partial charge in [-0.25, -0.2) is 4.98 Å². The predicted octanol–water partition coefficient (Wildman–Crippen LogP) is 1.58. The average Bonchev–Trinajstić information content (AvgIpc) is 2.38. The Bertz CT molecular complexity index is 427. The van der Waals surface area contributed by atoms with Gasteiger partial charge < -0.3 is 14.4 Å². The molecule has 2 heterocycles. The van der Waals surface area contributed by atoms with Crippen molar-refractivity contribution in [1.29, 1.82) is 5.26 Å². The van der Waals surface area contributed by atoms with E-state index < -0.39 is 0 Å². The highest BCUT2D eigenvalue weighted by Crippen LogP contribution is 2.29. The molecule has 1 fully saturated rings. The molecule has 5 nitrogen and oxygen atoms in total. The van der Waals surface area contributed by atoms with Gasteiger partial charge >= 0.3 is 0 Å². The third-order valence-corrected chi connectivity index (χ3v) is 2.86. The Balaban J connectivity index is 2.22. The molecule has 1 saturated heterocycles. The lowest BCUT2D eigenvalue weighted by molar-refractivity contribution is 0.122. The van der Waals surface area contributed by atoms with Gasteiger partial charge in [-0.1, -0.05) is 0 Å². The molecule has 0 amide bonds. The minimum Gasteiger partial charge on any atom is -0.461 e. The number of morpholine rings is 1. The van der Waals surface area contributed by atoms with E-state index in [0.29, 0.717) is 19.1 Å². The molecule has 0 aliphatic carbocycles. The van der Waals surface area contributed by atoms with Crippen LogP contribution in [0.15, 0.2) is 16.7 Å². The van der Waals surface area contributed by atoms with Crippen LogP contribution in [0.2, 0.25) is 0 Å². The van der Waals surface area contributed by atoms with Crippen LogP contribution in [0.25, 0.3) is 0 Å². The zero-order valence-corrected chi connectivity index (χ0v) is 10.8. The maximum atomic E-state index is 8.54. The lowest BCUT2D eigenvalue weighted by atomic mass is 10.3. The molecule has 0 bridgehead atoms. The monoisotopic (exact) mass is 297 g/mol. The molecular weight excluding hydrogens is 286 g/mol. The number of halogens is 1. The number of nitrogens with zero attached hydrogens (tertiary/aromatic N) is 3. The van der Waals surface area contributed by atoms with Crippen molar-refractivity contribution in [2.75, 3.05) is 37.8 Å². The highest BCUT2D eigenvalue weighted by atomic mass is 79.9. The van der Waals surface area contributed by atoms with Crippen LogP contribution in [0.1, 0.15) is 0 Å². The molecule has 17 heavy (non-hydrogen) atoms. The van der Waals surface area contributed by atoms with Gasteiger partial charge in [0, 0.05) is 23.8 Å². The summed E-state index contributed by atoms with van der Waals surface area (Å²) in [7, 11) is 0.